The number of hydrogen-bond donors (Lipinski definition) is 1. The second kappa shape index (κ2) is 7.08. The van der Waals surface area contributed by atoms with Crippen molar-refractivity contribution in [3.8, 4) is 11.3 Å². The summed E-state index contributed by atoms with van der Waals surface area (Å²) in [5, 5.41) is 0. The highest BCUT2D eigenvalue weighted by atomic mass is 19.3. The van der Waals surface area contributed by atoms with E-state index in [1.165, 1.54) is 4.90 Å². The van der Waals surface area contributed by atoms with Gasteiger partial charge in [-0.05, 0) is 13.3 Å². The lowest BCUT2D eigenvalue weighted by Gasteiger charge is -2.41. The summed E-state index contributed by atoms with van der Waals surface area (Å²) in [6.45, 7) is 4.62. The molecule has 0 spiro atoms. The largest absolute Gasteiger partial charge is 0.374 e. The number of halogens is 2. The third kappa shape index (κ3) is 3.68. The lowest BCUT2D eigenvalue weighted by Crippen LogP contribution is -2.57. The third-order valence-electron chi connectivity index (χ3n) is 5.05. The number of nitrogens with zero attached hydrogens (tertiary/aromatic N) is 6. The molecule has 8 nitrogen and oxygen atoms in total. The maximum absolute atomic E-state index is 13.4. The fourth-order valence-electron chi connectivity index (χ4n) is 3.37. The van der Waals surface area contributed by atoms with Crippen LogP contribution in [0.3, 0.4) is 0 Å². The van der Waals surface area contributed by atoms with Gasteiger partial charge in [0, 0.05) is 30.6 Å². The molecule has 2 aromatic rings. The predicted octanol–water partition coefficient (Wildman–Crippen LogP) is 1.97. The Balaban J connectivity index is 1.72. The summed E-state index contributed by atoms with van der Waals surface area (Å²) in [7, 11) is 0. The van der Waals surface area contributed by atoms with E-state index in [4.69, 9.17) is 10.5 Å². The van der Waals surface area contributed by atoms with Gasteiger partial charge in [-0.3, -0.25) is 0 Å². The highest BCUT2D eigenvalue weighted by molar-refractivity contribution is 5.64. The van der Waals surface area contributed by atoms with E-state index < -0.39 is 5.92 Å². The number of aromatic nitrogens is 4. The first-order valence-electron chi connectivity index (χ1n) is 9.32. The lowest BCUT2D eigenvalue weighted by atomic mass is 10.1. The molecule has 2 saturated heterocycles. The third-order valence-corrected chi connectivity index (χ3v) is 5.05. The molecule has 0 saturated carbocycles. The van der Waals surface area contributed by atoms with E-state index in [1.54, 1.807) is 12.4 Å². The molecule has 0 unspecified atom stereocenters. The number of rotatable bonds is 4. The molecule has 2 aliphatic rings. The number of alkyl halides is 2. The van der Waals surface area contributed by atoms with Gasteiger partial charge in [-0.2, -0.15) is 4.98 Å². The molecule has 2 fully saturated rings. The molecular formula is C18H23F2N7O. The molecule has 28 heavy (non-hydrogen) atoms. The van der Waals surface area contributed by atoms with Gasteiger partial charge in [0.2, 0.25) is 11.9 Å². The van der Waals surface area contributed by atoms with Gasteiger partial charge in [-0.1, -0.05) is 6.92 Å². The van der Waals surface area contributed by atoms with Crippen molar-refractivity contribution < 1.29 is 13.5 Å². The molecule has 150 valence electrons. The molecule has 0 aliphatic carbocycles. The zero-order valence-electron chi connectivity index (χ0n) is 15.8. The van der Waals surface area contributed by atoms with Crippen molar-refractivity contribution in [1.82, 2.24) is 19.9 Å². The number of ether oxygens (including phenoxy) is 1. The fraction of sp³-hybridized carbons (Fsp3) is 0.556. The van der Waals surface area contributed by atoms with Crippen LogP contribution >= 0.6 is 0 Å². The summed E-state index contributed by atoms with van der Waals surface area (Å²) in [5.74, 6) is -1.58. The molecule has 10 heteroatoms. The minimum Gasteiger partial charge on any atom is -0.374 e. The highest BCUT2D eigenvalue weighted by Gasteiger charge is 2.45. The van der Waals surface area contributed by atoms with E-state index in [0.29, 0.717) is 30.2 Å². The van der Waals surface area contributed by atoms with Gasteiger partial charge in [0.25, 0.3) is 5.92 Å². The first kappa shape index (κ1) is 18.7. The standard InChI is InChI=1S/C18H23F2N7O/c1-3-13-7-27(11(2)8-28-13)15-4-14(12-5-22-16(21)23-6-12)24-17(25-15)26-9-18(19,20)10-26/h4-6,11,13H,3,7-10H2,1-2H3,(H2,21,22,23)/t11-,13-/m0/s1. The number of nitrogens with two attached hydrogens (primary N) is 1. The molecule has 0 radical (unpaired) electrons. The number of nitrogen functional groups attached to an aromatic ring is 1. The molecule has 0 bridgehead atoms. The summed E-state index contributed by atoms with van der Waals surface area (Å²) in [6.07, 6.45) is 4.13. The summed E-state index contributed by atoms with van der Waals surface area (Å²) in [6, 6.07) is 1.95. The Morgan fingerprint density at radius 2 is 1.96 bits per heavy atom. The second-order valence-corrected chi connectivity index (χ2v) is 7.32. The SMILES string of the molecule is CC[C@H]1CN(c2cc(-c3cnc(N)nc3)nc(N3CC(F)(F)C3)n2)[C@@H](C)CO1. The first-order chi connectivity index (χ1) is 13.3. The second-order valence-electron chi connectivity index (χ2n) is 7.32. The van der Waals surface area contributed by atoms with Crippen LogP contribution in [0.25, 0.3) is 11.3 Å². The molecule has 2 aromatic heterocycles. The zero-order chi connectivity index (χ0) is 19.9. The minimum absolute atomic E-state index is 0.103. The quantitative estimate of drug-likeness (QED) is 0.846. The van der Waals surface area contributed by atoms with Gasteiger partial charge in [0.05, 0.1) is 37.5 Å². The van der Waals surface area contributed by atoms with Crippen molar-refractivity contribution in [2.24, 2.45) is 0 Å². The van der Waals surface area contributed by atoms with Crippen molar-refractivity contribution in [3.05, 3.63) is 18.5 Å². The Morgan fingerprint density at radius 1 is 1.25 bits per heavy atom. The van der Waals surface area contributed by atoms with Crippen molar-refractivity contribution >= 4 is 17.7 Å². The summed E-state index contributed by atoms with van der Waals surface area (Å²) < 4.78 is 32.6. The lowest BCUT2D eigenvalue weighted by molar-refractivity contribution is -0.0271. The van der Waals surface area contributed by atoms with Crippen molar-refractivity contribution in [2.75, 3.05) is 41.8 Å². The van der Waals surface area contributed by atoms with E-state index >= 15 is 0 Å². The van der Waals surface area contributed by atoms with E-state index in [2.05, 4.69) is 38.7 Å². The summed E-state index contributed by atoms with van der Waals surface area (Å²) >= 11 is 0. The van der Waals surface area contributed by atoms with Gasteiger partial charge in [0.15, 0.2) is 0 Å². The van der Waals surface area contributed by atoms with Crippen LogP contribution in [0, 0.1) is 0 Å². The van der Waals surface area contributed by atoms with E-state index in [1.807, 2.05) is 6.07 Å². The van der Waals surface area contributed by atoms with Crippen molar-refractivity contribution in [3.63, 3.8) is 0 Å². The Kier molecular flexibility index (Phi) is 4.74. The van der Waals surface area contributed by atoms with Crippen LogP contribution in [0.1, 0.15) is 20.3 Å². The molecule has 2 N–H and O–H groups in total. The Bertz CT molecular complexity index is 840. The molecule has 4 rings (SSSR count). The number of morpholine rings is 1. The van der Waals surface area contributed by atoms with Crippen LogP contribution < -0.4 is 15.5 Å². The predicted molar refractivity (Wildman–Crippen MR) is 101 cm³/mol. The maximum atomic E-state index is 13.4. The molecule has 0 amide bonds. The molecule has 4 heterocycles. The molecule has 2 atom stereocenters. The summed E-state index contributed by atoms with van der Waals surface area (Å²) in [5.41, 5.74) is 6.79. The van der Waals surface area contributed by atoms with Crippen LogP contribution in [0.15, 0.2) is 18.5 Å². The average molecular weight is 391 g/mol. The molecular weight excluding hydrogens is 368 g/mol. The van der Waals surface area contributed by atoms with Gasteiger partial charge in [-0.25, -0.2) is 23.7 Å². The van der Waals surface area contributed by atoms with Crippen LogP contribution in [0.4, 0.5) is 26.5 Å². The Hall–Kier alpha value is -2.62. The van der Waals surface area contributed by atoms with Crippen molar-refractivity contribution in [1.29, 1.82) is 0 Å². The zero-order valence-corrected chi connectivity index (χ0v) is 15.8. The van der Waals surface area contributed by atoms with E-state index in [0.717, 1.165) is 6.42 Å². The van der Waals surface area contributed by atoms with E-state index in [-0.39, 0.29) is 37.1 Å². The van der Waals surface area contributed by atoms with Crippen LogP contribution in [0.2, 0.25) is 0 Å². The van der Waals surface area contributed by atoms with Crippen molar-refractivity contribution in [2.45, 2.75) is 38.3 Å². The monoisotopic (exact) mass is 391 g/mol. The first-order valence-corrected chi connectivity index (χ1v) is 9.32. The average Bonchev–Trinajstić information content (AvgIpc) is 2.66. The van der Waals surface area contributed by atoms with Gasteiger partial charge in [0.1, 0.15) is 5.82 Å². The smallest absolute Gasteiger partial charge is 0.282 e. The highest BCUT2D eigenvalue weighted by Crippen LogP contribution is 2.33. The van der Waals surface area contributed by atoms with Crippen LogP contribution in [0.5, 0.6) is 0 Å². The maximum Gasteiger partial charge on any atom is 0.282 e. The molecule has 2 aliphatic heterocycles. The normalized spacial score (nSPS) is 24.1. The molecule has 0 aromatic carbocycles. The van der Waals surface area contributed by atoms with Gasteiger partial charge in [-0.15, -0.1) is 0 Å². The van der Waals surface area contributed by atoms with Crippen LogP contribution in [-0.4, -0.2) is 64.2 Å². The van der Waals surface area contributed by atoms with E-state index in [9.17, 15) is 8.78 Å². The van der Waals surface area contributed by atoms with Gasteiger partial charge < -0.3 is 20.3 Å². The van der Waals surface area contributed by atoms with Crippen LogP contribution in [-0.2, 0) is 4.74 Å². The summed E-state index contributed by atoms with van der Waals surface area (Å²) in [4.78, 5) is 20.7. The topological polar surface area (TPSA) is 93.3 Å². The Labute approximate surface area is 161 Å². The minimum atomic E-state index is -2.70. The Morgan fingerprint density at radius 3 is 2.61 bits per heavy atom. The van der Waals surface area contributed by atoms with Gasteiger partial charge >= 0.3 is 0 Å². The fourth-order valence-corrected chi connectivity index (χ4v) is 3.37. The number of anilines is 3. The number of hydrogen-bond acceptors (Lipinski definition) is 8.